The molecule has 0 saturated carbocycles. The van der Waals surface area contributed by atoms with Crippen molar-refractivity contribution in [1.82, 2.24) is 14.9 Å². The van der Waals surface area contributed by atoms with E-state index >= 15 is 0 Å². The van der Waals surface area contributed by atoms with Gasteiger partial charge in [0.1, 0.15) is 0 Å². The molecule has 6 heteroatoms. The summed E-state index contributed by atoms with van der Waals surface area (Å²) < 4.78 is 25.2. The van der Waals surface area contributed by atoms with Gasteiger partial charge < -0.3 is 5.32 Å². The van der Waals surface area contributed by atoms with E-state index in [1.165, 1.54) is 38.6 Å². The molecule has 2 fully saturated rings. The fraction of sp³-hybridized carbons (Fsp3) is 1.00. The highest BCUT2D eigenvalue weighted by atomic mass is 32.2. The lowest BCUT2D eigenvalue weighted by Crippen LogP contribution is -2.53. The zero-order valence-corrected chi connectivity index (χ0v) is 12.4. The topological polar surface area (TPSA) is 61.4 Å². The number of nitrogens with zero attached hydrogens (tertiary/aromatic N) is 1. The minimum absolute atomic E-state index is 0.431. The summed E-state index contributed by atoms with van der Waals surface area (Å²) in [5.41, 5.74) is -0.431. The van der Waals surface area contributed by atoms with E-state index in [2.05, 4.69) is 14.9 Å². The molecule has 2 atom stereocenters. The molecular formula is C12H25N3O2S. The van der Waals surface area contributed by atoms with Gasteiger partial charge in [-0.15, -0.1) is 0 Å². The van der Waals surface area contributed by atoms with Crippen molar-refractivity contribution >= 4 is 10.0 Å². The van der Waals surface area contributed by atoms with Gasteiger partial charge in [-0.25, -0.2) is 13.1 Å². The SMILES string of the molecule is CC(C)(CNC1CCN2CCCC12)NS(C)(=O)=O. The first-order chi connectivity index (χ1) is 8.27. The molecule has 0 amide bonds. The number of fused-ring (bicyclic) bond motifs is 1. The predicted octanol–water partition coefficient (Wildman–Crippen LogP) is 0.141. The van der Waals surface area contributed by atoms with Crippen molar-refractivity contribution in [3.8, 4) is 0 Å². The first-order valence-electron chi connectivity index (χ1n) is 6.73. The fourth-order valence-electron chi connectivity index (χ4n) is 3.24. The van der Waals surface area contributed by atoms with Gasteiger partial charge in [0, 0.05) is 30.7 Å². The molecule has 0 aliphatic carbocycles. The number of hydrogen-bond donors (Lipinski definition) is 2. The summed E-state index contributed by atoms with van der Waals surface area (Å²) in [6.07, 6.45) is 4.97. The van der Waals surface area contributed by atoms with E-state index in [9.17, 15) is 8.42 Å². The maximum atomic E-state index is 11.3. The van der Waals surface area contributed by atoms with Gasteiger partial charge in [-0.1, -0.05) is 0 Å². The molecule has 106 valence electrons. The van der Waals surface area contributed by atoms with Crippen molar-refractivity contribution < 1.29 is 8.42 Å². The van der Waals surface area contributed by atoms with E-state index in [1.54, 1.807) is 0 Å². The first kappa shape index (κ1) is 14.2. The Morgan fingerprint density at radius 2 is 2.00 bits per heavy atom. The zero-order chi connectivity index (χ0) is 13.4. The average Bonchev–Trinajstić information content (AvgIpc) is 2.71. The van der Waals surface area contributed by atoms with Gasteiger partial charge in [0.2, 0.25) is 10.0 Å². The number of rotatable bonds is 5. The second-order valence-electron chi connectivity index (χ2n) is 6.28. The third-order valence-electron chi connectivity index (χ3n) is 3.87. The van der Waals surface area contributed by atoms with E-state index in [0.29, 0.717) is 18.6 Å². The Balaban J connectivity index is 1.84. The number of hydrogen-bond acceptors (Lipinski definition) is 4. The van der Waals surface area contributed by atoms with E-state index < -0.39 is 15.6 Å². The molecule has 2 aliphatic rings. The lowest BCUT2D eigenvalue weighted by Gasteiger charge is -2.29. The van der Waals surface area contributed by atoms with Crippen LogP contribution in [0.3, 0.4) is 0 Å². The van der Waals surface area contributed by atoms with E-state index in [4.69, 9.17) is 0 Å². The smallest absolute Gasteiger partial charge is 0.209 e. The molecule has 0 radical (unpaired) electrons. The highest BCUT2D eigenvalue weighted by Crippen LogP contribution is 2.28. The van der Waals surface area contributed by atoms with Crippen LogP contribution in [0.5, 0.6) is 0 Å². The quantitative estimate of drug-likeness (QED) is 0.749. The summed E-state index contributed by atoms with van der Waals surface area (Å²) in [5.74, 6) is 0. The molecule has 0 aromatic rings. The highest BCUT2D eigenvalue weighted by molar-refractivity contribution is 7.88. The van der Waals surface area contributed by atoms with Crippen molar-refractivity contribution in [3.05, 3.63) is 0 Å². The van der Waals surface area contributed by atoms with Crippen LogP contribution >= 0.6 is 0 Å². The van der Waals surface area contributed by atoms with Crippen LogP contribution in [0.25, 0.3) is 0 Å². The van der Waals surface area contributed by atoms with Crippen LogP contribution in [0.4, 0.5) is 0 Å². The molecule has 0 aromatic heterocycles. The van der Waals surface area contributed by atoms with E-state index in [0.717, 1.165) is 0 Å². The summed E-state index contributed by atoms with van der Waals surface area (Å²) in [6.45, 7) is 6.93. The van der Waals surface area contributed by atoms with Crippen LogP contribution in [-0.4, -0.2) is 56.8 Å². The minimum atomic E-state index is -3.15. The highest BCUT2D eigenvalue weighted by Gasteiger charge is 2.37. The largest absolute Gasteiger partial charge is 0.311 e. The lowest BCUT2D eigenvalue weighted by atomic mass is 10.0. The second kappa shape index (κ2) is 5.07. The minimum Gasteiger partial charge on any atom is -0.311 e. The Hall–Kier alpha value is -0.170. The normalized spacial score (nSPS) is 29.7. The third kappa shape index (κ3) is 3.66. The maximum absolute atomic E-state index is 11.3. The Morgan fingerprint density at radius 3 is 2.67 bits per heavy atom. The third-order valence-corrected chi connectivity index (χ3v) is 4.80. The molecule has 0 aromatic carbocycles. The maximum Gasteiger partial charge on any atom is 0.209 e. The standard InChI is InChI=1S/C12H25N3O2S/c1-12(2,14-18(3,16)17)9-13-10-6-8-15-7-4-5-11(10)15/h10-11,13-14H,4-9H2,1-3H3. The first-order valence-corrected chi connectivity index (χ1v) is 8.62. The van der Waals surface area contributed by atoms with Crippen molar-refractivity contribution in [2.24, 2.45) is 0 Å². The summed E-state index contributed by atoms with van der Waals surface area (Å²) >= 11 is 0. The molecule has 2 rings (SSSR count). The van der Waals surface area contributed by atoms with E-state index in [1.807, 2.05) is 13.8 Å². The Morgan fingerprint density at radius 1 is 1.28 bits per heavy atom. The number of nitrogens with one attached hydrogen (secondary N) is 2. The van der Waals surface area contributed by atoms with Gasteiger partial charge in [0.05, 0.1) is 6.26 Å². The van der Waals surface area contributed by atoms with E-state index in [-0.39, 0.29) is 0 Å². The molecule has 18 heavy (non-hydrogen) atoms. The van der Waals surface area contributed by atoms with Crippen LogP contribution in [0.15, 0.2) is 0 Å². The van der Waals surface area contributed by atoms with Gasteiger partial charge >= 0.3 is 0 Å². The van der Waals surface area contributed by atoms with Crippen LogP contribution < -0.4 is 10.0 Å². The molecular weight excluding hydrogens is 250 g/mol. The van der Waals surface area contributed by atoms with Gasteiger partial charge in [-0.3, -0.25) is 4.90 Å². The van der Waals surface area contributed by atoms with Gasteiger partial charge in [0.25, 0.3) is 0 Å². The molecule has 2 saturated heterocycles. The van der Waals surface area contributed by atoms with Crippen LogP contribution in [0, 0.1) is 0 Å². The second-order valence-corrected chi connectivity index (χ2v) is 8.03. The summed E-state index contributed by atoms with van der Waals surface area (Å²) in [4.78, 5) is 2.55. The van der Waals surface area contributed by atoms with Crippen molar-refractivity contribution in [1.29, 1.82) is 0 Å². The number of sulfonamides is 1. The van der Waals surface area contributed by atoms with Crippen molar-refractivity contribution in [2.75, 3.05) is 25.9 Å². The molecule has 2 N–H and O–H groups in total. The Kier molecular flexibility index (Phi) is 4.02. The molecule has 0 spiro atoms. The van der Waals surface area contributed by atoms with Crippen LogP contribution in [-0.2, 0) is 10.0 Å². The van der Waals surface area contributed by atoms with Crippen molar-refractivity contribution in [2.45, 2.75) is 50.7 Å². The molecule has 0 bridgehead atoms. The lowest BCUT2D eigenvalue weighted by molar-refractivity contribution is 0.289. The van der Waals surface area contributed by atoms with Crippen LogP contribution in [0.2, 0.25) is 0 Å². The molecule has 2 heterocycles. The average molecular weight is 275 g/mol. The zero-order valence-electron chi connectivity index (χ0n) is 11.6. The fourth-order valence-corrected chi connectivity index (χ4v) is 4.32. The van der Waals surface area contributed by atoms with Gasteiger partial charge in [-0.2, -0.15) is 0 Å². The summed E-state index contributed by atoms with van der Waals surface area (Å²) in [7, 11) is -3.15. The molecule has 2 aliphatic heterocycles. The summed E-state index contributed by atoms with van der Waals surface area (Å²) in [6, 6.07) is 1.19. The van der Waals surface area contributed by atoms with Crippen LogP contribution in [0.1, 0.15) is 33.1 Å². The monoisotopic (exact) mass is 275 g/mol. The molecule has 5 nitrogen and oxygen atoms in total. The van der Waals surface area contributed by atoms with Crippen molar-refractivity contribution in [3.63, 3.8) is 0 Å². The summed E-state index contributed by atoms with van der Waals surface area (Å²) in [5, 5.41) is 3.55. The Bertz CT molecular complexity index is 394. The Labute approximate surface area is 110 Å². The predicted molar refractivity (Wildman–Crippen MR) is 73.1 cm³/mol. The molecule has 2 unspecified atom stereocenters. The van der Waals surface area contributed by atoms with Gasteiger partial charge in [-0.05, 0) is 39.7 Å². The van der Waals surface area contributed by atoms with Gasteiger partial charge in [0.15, 0.2) is 0 Å².